The molecule has 0 bridgehead atoms. The fourth-order valence-electron chi connectivity index (χ4n) is 1.77. The number of phenols is 1. The van der Waals surface area contributed by atoms with Crippen molar-refractivity contribution in [1.29, 1.82) is 0 Å². The summed E-state index contributed by atoms with van der Waals surface area (Å²) in [6, 6.07) is 3.14. The van der Waals surface area contributed by atoms with Gasteiger partial charge in [-0.05, 0) is 47.1 Å². The Bertz CT molecular complexity index is 390. The molecule has 2 rings (SSSR count). The highest BCUT2D eigenvalue weighted by atomic mass is 127. The number of benzene rings is 1. The lowest BCUT2D eigenvalue weighted by molar-refractivity contribution is 0.0207. The van der Waals surface area contributed by atoms with E-state index in [1.807, 2.05) is 22.6 Å². The molecule has 0 radical (unpaired) electrons. The zero-order valence-electron chi connectivity index (χ0n) is 8.42. The Morgan fingerprint density at radius 3 is 2.75 bits per heavy atom. The Labute approximate surface area is 121 Å². The molecule has 1 aromatic rings. The van der Waals surface area contributed by atoms with E-state index in [0.717, 1.165) is 18.4 Å². The summed E-state index contributed by atoms with van der Waals surface area (Å²) < 4.78 is 20.2. The lowest BCUT2D eigenvalue weighted by Gasteiger charge is -2.27. The van der Waals surface area contributed by atoms with E-state index in [4.69, 9.17) is 4.74 Å². The van der Waals surface area contributed by atoms with Gasteiger partial charge in [-0.15, -0.1) is 0 Å². The molecule has 2 unspecified atom stereocenters. The van der Waals surface area contributed by atoms with Crippen LogP contribution in [0.3, 0.4) is 0 Å². The average Bonchev–Trinajstić information content (AvgIpc) is 2.28. The molecule has 1 aliphatic heterocycles. The molecule has 1 saturated heterocycles. The fourth-order valence-corrected chi connectivity index (χ4v) is 3.14. The molecule has 0 spiro atoms. The smallest absolute Gasteiger partial charge is 0.178 e. The monoisotopic (exact) mass is 448 g/mol. The van der Waals surface area contributed by atoms with Crippen molar-refractivity contribution < 1.29 is 14.2 Å². The second-order valence-electron chi connectivity index (χ2n) is 3.80. The van der Waals surface area contributed by atoms with Crippen LogP contribution in [-0.2, 0) is 4.74 Å². The molecule has 1 aromatic carbocycles. The number of alkyl halides is 1. The first kappa shape index (κ1) is 12.8. The Balaban J connectivity index is 2.24. The normalized spacial score (nSPS) is 25.7. The molecule has 2 nitrogen and oxygen atoms in total. The lowest BCUT2D eigenvalue weighted by atomic mass is 10.0. The van der Waals surface area contributed by atoms with E-state index in [0.29, 0.717) is 14.1 Å². The van der Waals surface area contributed by atoms with Crippen LogP contribution in [0.25, 0.3) is 0 Å². The molecule has 16 heavy (non-hydrogen) atoms. The van der Waals surface area contributed by atoms with E-state index >= 15 is 0 Å². The van der Waals surface area contributed by atoms with Gasteiger partial charge in [0, 0.05) is 3.92 Å². The number of hydrogen-bond donors (Lipinski definition) is 1. The largest absolute Gasteiger partial charge is 0.505 e. The number of aromatic hydroxyl groups is 1. The van der Waals surface area contributed by atoms with Gasteiger partial charge in [0.05, 0.1) is 16.3 Å². The highest BCUT2D eigenvalue weighted by Gasteiger charge is 2.24. The van der Waals surface area contributed by atoms with E-state index in [2.05, 4.69) is 22.6 Å². The predicted molar refractivity (Wildman–Crippen MR) is 76.5 cm³/mol. The van der Waals surface area contributed by atoms with Crippen molar-refractivity contribution in [3.8, 4) is 5.75 Å². The molecule has 2 atom stereocenters. The second-order valence-corrected chi connectivity index (χ2v) is 6.64. The maximum atomic E-state index is 13.5. The third-order valence-corrected chi connectivity index (χ3v) is 4.74. The van der Waals surface area contributed by atoms with Gasteiger partial charge in [-0.1, -0.05) is 28.7 Å². The third kappa shape index (κ3) is 2.61. The summed E-state index contributed by atoms with van der Waals surface area (Å²) in [6.45, 7) is 0.712. The van der Waals surface area contributed by atoms with Crippen LogP contribution in [-0.4, -0.2) is 15.6 Å². The maximum absolute atomic E-state index is 13.5. The van der Waals surface area contributed by atoms with Gasteiger partial charge in [-0.3, -0.25) is 0 Å². The predicted octanol–water partition coefficient (Wildman–Crippen LogP) is 3.79. The SMILES string of the molecule is Oc1ccc(C2CCC(I)CO2)c(I)c1F. The van der Waals surface area contributed by atoms with Crippen LogP contribution in [0.2, 0.25) is 0 Å². The highest BCUT2D eigenvalue weighted by Crippen LogP contribution is 2.35. The molecule has 0 amide bonds. The Morgan fingerprint density at radius 1 is 1.38 bits per heavy atom. The summed E-state index contributed by atoms with van der Waals surface area (Å²) in [5.41, 5.74) is 0.846. The summed E-state index contributed by atoms with van der Waals surface area (Å²) >= 11 is 4.29. The molecule has 0 saturated carbocycles. The molecule has 5 heteroatoms. The van der Waals surface area contributed by atoms with E-state index in [1.54, 1.807) is 6.07 Å². The minimum atomic E-state index is -0.543. The van der Waals surface area contributed by atoms with Gasteiger partial charge < -0.3 is 9.84 Å². The van der Waals surface area contributed by atoms with Crippen LogP contribution < -0.4 is 0 Å². The molecule has 88 valence electrons. The third-order valence-electron chi connectivity index (χ3n) is 2.66. The molecular formula is C11H11FI2O2. The maximum Gasteiger partial charge on any atom is 0.178 e. The minimum absolute atomic E-state index is 0.0342. The Morgan fingerprint density at radius 2 is 2.12 bits per heavy atom. The lowest BCUT2D eigenvalue weighted by Crippen LogP contribution is -2.21. The van der Waals surface area contributed by atoms with Gasteiger partial charge >= 0.3 is 0 Å². The molecule has 1 N–H and O–H groups in total. The zero-order valence-corrected chi connectivity index (χ0v) is 12.7. The van der Waals surface area contributed by atoms with E-state index in [1.165, 1.54) is 6.07 Å². The number of phenolic OH excluding ortho intramolecular Hbond substituents is 1. The van der Waals surface area contributed by atoms with E-state index in [-0.39, 0.29) is 11.9 Å². The van der Waals surface area contributed by atoms with Gasteiger partial charge in [0.15, 0.2) is 11.6 Å². The van der Waals surface area contributed by atoms with Crippen molar-refractivity contribution in [2.45, 2.75) is 22.9 Å². The summed E-state index contributed by atoms with van der Waals surface area (Å²) in [5.74, 6) is -0.839. The Hall–Kier alpha value is 0.370. The van der Waals surface area contributed by atoms with Crippen LogP contribution in [0, 0.1) is 9.39 Å². The van der Waals surface area contributed by atoms with Crippen molar-refractivity contribution in [3.05, 3.63) is 27.1 Å². The van der Waals surface area contributed by atoms with Crippen LogP contribution in [0.5, 0.6) is 5.75 Å². The van der Waals surface area contributed by atoms with Crippen molar-refractivity contribution in [2.24, 2.45) is 0 Å². The van der Waals surface area contributed by atoms with Crippen molar-refractivity contribution in [3.63, 3.8) is 0 Å². The van der Waals surface area contributed by atoms with E-state index in [9.17, 15) is 9.50 Å². The van der Waals surface area contributed by atoms with Crippen LogP contribution in [0.1, 0.15) is 24.5 Å². The molecule has 0 aromatic heterocycles. The first-order valence-electron chi connectivity index (χ1n) is 5.02. The first-order chi connectivity index (χ1) is 7.59. The van der Waals surface area contributed by atoms with Gasteiger partial charge in [0.25, 0.3) is 0 Å². The summed E-state index contributed by atoms with van der Waals surface area (Å²) in [5, 5.41) is 9.24. The minimum Gasteiger partial charge on any atom is -0.505 e. The van der Waals surface area contributed by atoms with Gasteiger partial charge in [-0.25, -0.2) is 4.39 Å². The fraction of sp³-hybridized carbons (Fsp3) is 0.455. The topological polar surface area (TPSA) is 29.5 Å². The quantitative estimate of drug-likeness (QED) is 0.524. The number of ether oxygens (including phenoxy) is 1. The van der Waals surface area contributed by atoms with Crippen LogP contribution in [0.4, 0.5) is 4.39 Å². The number of halogens is 3. The summed E-state index contributed by atoms with van der Waals surface area (Å²) in [7, 11) is 0. The number of rotatable bonds is 1. The van der Waals surface area contributed by atoms with Gasteiger partial charge in [0.1, 0.15) is 0 Å². The number of hydrogen-bond acceptors (Lipinski definition) is 2. The Kier molecular flexibility index (Phi) is 4.28. The summed E-state index contributed by atoms with van der Waals surface area (Å²) in [4.78, 5) is 0. The second kappa shape index (κ2) is 5.34. The first-order valence-corrected chi connectivity index (χ1v) is 7.34. The van der Waals surface area contributed by atoms with E-state index < -0.39 is 5.82 Å². The zero-order chi connectivity index (χ0) is 11.7. The average molecular weight is 448 g/mol. The molecule has 0 aliphatic carbocycles. The van der Waals surface area contributed by atoms with Crippen molar-refractivity contribution in [1.82, 2.24) is 0 Å². The van der Waals surface area contributed by atoms with Crippen LogP contribution in [0.15, 0.2) is 12.1 Å². The molecule has 1 heterocycles. The summed E-state index contributed by atoms with van der Waals surface area (Å²) in [6.07, 6.45) is 1.96. The molecule has 1 aliphatic rings. The van der Waals surface area contributed by atoms with Gasteiger partial charge in [0.2, 0.25) is 0 Å². The van der Waals surface area contributed by atoms with Crippen molar-refractivity contribution in [2.75, 3.05) is 6.61 Å². The van der Waals surface area contributed by atoms with Crippen LogP contribution >= 0.6 is 45.2 Å². The molecular weight excluding hydrogens is 437 g/mol. The van der Waals surface area contributed by atoms with Crippen molar-refractivity contribution >= 4 is 45.2 Å². The highest BCUT2D eigenvalue weighted by molar-refractivity contribution is 14.1. The standard InChI is InChI=1S/C11H11FI2O2/c12-10-8(15)3-2-7(11(10)14)9-4-1-6(13)5-16-9/h2-3,6,9,15H,1,4-5H2. The molecule has 1 fully saturated rings. The van der Waals surface area contributed by atoms with Gasteiger partial charge in [-0.2, -0.15) is 0 Å².